The summed E-state index contributed by atoms with van der Waals surface area (Å²) in [7, 11) is 6.77. The van der Waals surface area contributed by atoms with Crippen molar-refractivity contribution in [3.05, 3.63) is 17.7 Å². The molecule has 5 nitrogen and oxygen atoms in total. The van der Waals surface area contributed by atoms with Gasteiger partial charge in [-0.15, -0.1) is 0 Å². The second-order valence-electron chi connectivity index (χ2n) is 8.85. The Labute approximate surface area is 162 Å². The Hall–Kier alpha value is -1.91. The quantitative estimate of drug-likeness (QED) is 0.759. The van der Waals surface area contributed by atoms with Gasteiger partial charge in [0.15, 0.2) is 11.5 Å². The zero-order chi connectivity index (χ0) is 19.2. The third kappa shape index (κ3) is 3.05. The van der Waals surface area contributed by atoms with E-state index in [2.05, 4.69) is 0 Å². The molecule has 0 N–H and O–H groups in total. The fourth-order valence-corrected chi connectivity index (χ4v) is 6.39. The molecule has 0 saturated heterocycles. The van der Waals surface area contributed by atoms with E-state index in [-0.39, 0.29) is 5.41 Å². The Morgan fingerprint density at radius 2 is 1.52 bits per heavy atom. The van der Waals surface area contributed by atoms with Gasteiger partial charge in [-0.1, -0.05) is 0 Å². The molecule has 0 unspecified atom stereocenters. The Balaban J connectivity index is 1.56. The minimum atomic E-state index is -0.118. The van der Waals surface area contributed by atoms with E-state index >= 15 is 0 Å². The van der Waals surface area contributed by atoms with Crippen molar-refractivity contribution < 1.29 is 19.0 Å². The number of hydrogen-bond acceptors (Lipinski definition) is 4. The van der Waals surface area contributed by atoms with Gasteiger partial charge in [0.2, 0.25) is 11.7 Å². The molecule has 148 valence electrons. The number of carbonyl (C=O) groups is 1. The van der Waals surface area contributed by atoms with Crippen LogP contribution < -0.4 is 14.2 Å². The monoisotopic (exact) mass is 373 g/mol. The predicted molar refractivity (Wildman–Crippen MR) is 103 cm³/mol. The lowest BCUT2D eigenvalue weighted by atomic mass is 9.49. The largest absolute Gasteiger partial charge is 0.493 e. The SMILES string of the molecule is COc1ccc(CN(C)C(=O)C23CC4CC(CC(C4)C2)C3)c(OC)c1OC. The van der Waals surface area contributed by atoms with Gasteiger partial charge in [-0.05, 0) is 68.4 Å². The smallest absolute Gasteiger partial charge is 0.228 e. The van der Waals surface area contributed by atoms with E-state index in [4.69, 9.17) is 14.2 Å². The number of benzene rings is 1. The lowest BCUT2D eigenvalue weighted by Crippen LogP contribution is -2.53. The number of amides is 1. The summed E-state index contributed by atoms with van der Waals surface area (Å²) >= 11 is 0. The van der Waals surface area contributed by atoms with Crippen LogP contribution in [-0.2, 0) is 11.3 Å². The summed E-state index contributed by atoms with van der Waals surface area (Å²) in [6, 6.07) is 3.84. The Bertz CT molecular complexity index is 694. The van der Waals surface area contributed by atoms with Gasteiger partial charge in [0.05, 0.1) is 26.7 Å². The molecule has 0 aliphatic heterocycles. The van der Waals surface area contributed by atoms with E-state index in [0.717, 1.165) is 42.6 Å². The van der Waals surface area contributed by atoms with Crippen molar-refractivity contribution >= 4 is 5.91 Å². The zero-order valence-electron chi connectivity index (χ0n) is 16.9. The van der Waals surface area contributed by atoms with E-state index in [9.17, 15) is 4.79 Å². The maximum atomic E-state index is 13.5. The van der Waals surface area contributed by atoms with Crippen LogP contribution in [0.25, 0.3) is 0 Å². The number of nitrogens with zero attached hydrogens (tertiary/aromatic N) is 1. The summed E-state index contributed by atoms with van der Waals surface area (Å²) in [5, 5.41) is 0. The van der Waals surface area contributed by atoms with Crippen molar-refractivity contribution in [2.45, 2.75) is 45.1 Å². The topological polar surface area (TPSA) is 48.0 Å². The fourth-order valence-electron chi connectivity index (χ4n) is 6.39. The molecular weight excluding hydrogens is 342 g/mol. The Morgan fingerprint density at radius 3 is 2.00 bits per heavy atom. The normalized spacial score (nSPS) is 30.9. The molecule has 0 spiro atoms. The molecular formula is C22H31NO4. The van der Waals surface area contributed by atoms with E-state index in [0.29, 0.717) is 29.7 Å². The van der Waals surface area contributed by atoms with Crippen LogP contribution in [0.3, 0.4) is 0 Å². The average Bonchev–Trinajstić information content (AvgIpc) is 2.65. The van der Waals surface area contributed by atoms with E-state index in [1.807, 2.05) is 24.1 Å². The summed E-state index contributed by atoms with van der Waals surface area (Å²) < 4.78 is 16.4. The zero-order valence-corrected chi connectivity index (χ0v) is 16.9. The van der Waals surface area contributed by atoms with Gasteiger partial charge in [0.25, 0.3) is 0 Å². The van der Waals surface area contributed by atoms with Crippen LogP contribution in [0.15, 0.2) is 12.1 Å². The third-order valence-electron chi connectivity index (χ3n) is 7.03. The molecule has 0 atom stereocenters. The highest BCUT2D eigenvalue weighted by Gasteiger charge is 2.55. The first-order valence-corrected chi connectivity index (χ1v) is 10.0. The van der Waals surface area contributed by atoms with Gasteiger partial charge in [0.1, 0.15) is 0 Å². The summed E-state index contributed by atoms with van der Waals surface area (Å²) in [5.74, 6) is 4.47. The molecule has 1 amide bonds. The standard InChI is InChI=1S/C22H31NO4/c1-23(13-17-5-6-18(25-2)20(27-4)19(17)26-3)21(24)22-10-14-7-15(11-22)9-16(8-14)12-22/h5-6,14-16H,7-13H2,1-4H3. The van der Waals surface area contributed by atoms with Crippen molar-refractivity contribution in [1.82, 2.24) is 4.90 Å². The number of methoxy groups -OCH3 is 3. The molecule has 4 aliphatic carbocycles. The molecule has 4 aliphatic rings. The number of hydrogen-bond donors (Lipinski definition) is 0. The number of carbonyl (C=O) groups excluding carboxylic acids is 1. The first-order valence-electron chi connectivity index (χ1n) is 10.0. The highest BCUT2D eigenvalue weighted by atomic mass is 16.5. The van der Waals surface area contributed by atoms with Crippen LogP contribution in [0.2, 0.25) is 0 Å². The van der Waals surface area contributed by atoms with Crippen molar-refractivity contribution in [1.29, 1.82) is 0 Å². The summed E-state index contributed by atoms with van der Waals surface area (Å²) in [5.41, 5.74) is 0.823. The second kappa shape index (κ2) is 6.92. The van der Waals surface area contributed by atoms with E-state index in [1.54, 1.807) is 21.3 Å². The molecule has 27 heavy (non-hydrogen) atoms. The molecule has 1 aromatic rings. The maximum Gasteiger partial charge on any atom is 0.228 e. The average molecular weight is 373 g/mol. The van der Waals surface area contributed by atoms with Crippen molar-refractivity contribution in [3.8, 4) is 17.2 Å². The van der Waals surface area contributed by atoms with Crippen molar-refractivity contribution in [2.24, 2.45) is 23.2 Å². The van der Waals surface area contributed by atoms with Gasteiger partial charge < -0.3 is 19.1 Å². The molecule has 0 aromatic heterocycles. The van der Waals surface area contributed by atoms with Crippen molar-refractivity contribution in [2.75, 3.05) is 28.4 Å². The molecule has 4 fully saturated rings. The summed E-state index contributed by atoms with van der Waals surface area (Å²) in [6.07, 6.45) is 7.31. The van der Waals surface area contributed by atoms with Crippen LogP contribution in [0.1, 0.15) is 44.1 Å². The van der Waals surface area contributed by atoms with E-state index in [1.165, 1.54) is 19.3 Å². The summed E-state index contributed by atoms with van der Waals surface area (Å²) in [6.45, 7) is 0.518. The van der Waals surface area contributed by atoms with Crippen molar-refractivity contribution in [3.63, 3.8) is 0 Å². The van der Waals surface area contributed by atoms with Crippen LogP contribution in [0.5, 0.6) is 17.2 Å². The van der Waals surface area contributed by atoms with Gasteiger partial charge in [0, 0.05) is 19.2 Å². The Kier molecular flexibility index (Phi) is 4.73. The Morgan fingerprint density at radius 1 is 0.963 bits per heavy atom. The van der Waals surface area contributed by atoms with Crippen LogP contribution in [0, 0.1) is 23.2 Å². The highest BCUT2D eigenvalue weighted by Crippen LogP contribution is 2.60. The third-order valence-corrected chi connectivity index (χ3v) is 7.03. The van der Waals surface area contributed by atoms with E-state index < -0.39 is 0 Å². The number of rotatable bonds is 6. The number of ether oxygens (including phenoxy) is 3. The molecule has 0 heterocycles. The highest BCUT2D eigenvalue weighted by molar-refractivity contribution is 5.83. The first-order chi connectivity index (χ1) is 13.0. The minimum absolute atomic E-state index is 0.118. The molecule has 0 radical (unpaired) electrons. The van der Waals surface area contributed by atoms with Gasteiger partial charge in [-0.25, -0.2) is 0 Å². The van der Waals surface area contributed by atoms with Gasteiger partial charge in [-0.2, -0.15) is 0 Å². The molecule has 5 rings (SSSR count). The molecule has 1 aromatic carbocycles. The van der Waals surface area contributed by atoms with Gasteiger partial charge >= 0.3 is 0 Å². The molecule has 4 bridgehead atoms. The fraction of sp³-hybridized carbons (Fsp3) is 0.682. The van der Waals surface area contributed by atoms with Crippen LogP contribution >= 0.6 is 0 Å². The lowest BCUT2D eigenvalue weighted by Gasteiger charge is -2.56. The lowest BCUT2D eigenvalue weighted by molar-refractivity contribution is -0.156. The van der Waals surface area contributed by atoms with Crippen LogP contribution in [-0.4, -0.2) is 39.2 Å². The predicted octanol–water partition coefficient (Wildman–Crippen LogP) is 3.89. The molecule has 5 heteroatoms. The van der Waals surface area contributed by atoms with Crippen LogP contribution in [0.4, 0.5) is 0 Å². The summed E-state index contributed by atoms with van der Waals surface area (Å²) in [4.78, 5) is 15.4. The second-order valence-corrected chi connectivity index (χ2v) is 8.85. The maximum absolute atomic E-state index is 13.5. The van der Waals surface area contributed by atoms with Gasteiger partial charge in [-0.3, -0.25) is 4.79 Å². The first kappa shape index (κ1) is 18.5. The minimum Gasteiger partial charge on any atom is -0.493 e. The molecule has 4 saturated carbocycles.